The number of hydrogen-bond donors (Lipinski definition) is 2. The fraction of sp³-hybridized carbons (Fsp3) is 0.833. The van der Waals surface area contributed by atoms with Crippen LogP contribution in [-0.2, 0) is 9.59 Å². The minimum absolute atomic E-state index is 0.0657. The van der Waals surface area contributed by atoms with Gasteiger partial charge in [-0.15, -0.1) is 0 Å². The lowest BCUT2D eigenvalue weighted by atomic mass is 9.78. The van der Waals surface area contributed by atoms with E-state index in [1.54, 1.807) is 4.90 Å². The predicted octanol–water partition coefficient (Wildman–Crippen LogP) is 1.28. The van der Waals surface area contributed by atoms with E-state index in [0.29, 0.717) is 11.8 Å². The van der Waals surface area contributed by atoms with Crippen molar-refractivity contribution in [2.45, 2.75) is 39.2 Å². The Morgan fingerprint density at radius 2 is 1.47 bits per heavy atom. The van der Waals surface area contributed by atoms with E-state index in [1.807, 2.05) is 0 Å². The first kappa shape index (κ1) is 14.0. The summed E-state index contributed by atoms with van der Waals surface area (Å²) in [5, 5.41) is 17.7. The molecule has 5 heteroatoms. The number of hydrogen-bond acceptors (Lipinski definition) is 3. The molecule has 1 rings (SSSR count). The van der Waals surface area contributed by atoms with Crippen molar-refractivity contribution in [1.82, 2.24) is 4.90 Å². The largest absolute Gasteiger partial charge is 0.480 e. The number of nitrogens with zero attached hydrogens (tertiary/aromatic N) is 1. The molecule has 2 N–H and O–H groups in total. The van der Waals surface area contributed by atoms with E-state index in [0.717, 1.165) is 19.3 Å². The molecule has 0 saturated heterocycles. The Kier molecular flexibility index (Phi) is 4.93. The maximum absolute atomic E-state index is 10.8. The molecule has 0 aliphatic heterocycles. The zero-order valence-corrected chi connectivity index (χ0v) is 10.4. The van der Waals surface area contributed by atoms with Crippen LogP contribution in [0.5, 0.6) is 0 Å². The molecule has 2 atom stereocenters. The van der Waals surface area contributed by atoms with Crippen molar-refractivity contribution in [3.63, 3.8) is 0 Å². The molecule has 0 amide bonds. The van der Waals surface area contributed by atoms with E-state index in [-0.39, 0.29) is 19.1 Å². The smallest absolute Gasteiger partial charge is 0.317 e. The van der Waals surface area contributed by atoms with Crippen molar-refractivity contribution in [1.29, 1.82) is 0 Å². The molecule has 1 fully saturated rings. The molecule has 0 heterocycles. The number of carboxylic acid groups (broad SMARTS) is 2. The molecule has 2 unspecified atom stereocenters. The molecule has 0 aromatic rings. The Balaban J connectivity index is 2.78. The van der Waals surface area contributed by atoms with Crippen LogP contribution in [0.15, 0.2) is 0 Å². The maximum Gasteiger partial charge on any atom is 0.317 e. The molecule has 1 aliphatic rings. The van der Waals surface area contributed by atoms with Gasteiger partial charge in [0.1, 0.15) is 0 Å². The molecule has 5 nitrogen and oxygen atoms in total. The second kappa shape index (κ2) is 6.00. The Morgan fingerprint density at radius 1 is 1.06 bits per heavy atom. The SMILES string of the molecule is CC1CCCC(C)C1N(CC(=O)O)CC(=O)O. The van der Waals surface area contributed by atoms with Crippen molar-refractivity contribution < 1.29 is 19.8 Å². The standard InChI is InChI=1S/C12H21NO4/c1-8-4-3-5-9(2)12(8)13(6-10(14)15)7-11(16)17/h8-9,12H,3-7H2,1-2H3,(H,14,15)(H,16,17). The van der Waals surface area contributed by atoms with Crippen LogP contribution >= 0.6 is 0 Å². The van der Waals surface area contributed by atoms with Crippen LogP contribution in [0, 0.1) is 11.8 Å². The van der Waals surface area contributed by atoms with E-state index >= 15 is 0 Å². The summed E-state index contributed by atoms with van der Waals surface area (Å²) in [4.78, 5) is 23.2. The van der Waals surface area contributed by atoms with Crippen molar-refractivity contribution in [3.8, 4) is 0 Å². The molecule has 0 bridgehead atoms. The Bertz CT molecular complexity index is 266. The first-order valence-corrected chi connectivity index (χ1v) is 6.09. The van der Waals surface area contributed by atoms with Gasteiger partial charge in [0.05, 0.1) is 13.1 Å². The Labute approximate surface area is 101 Å². The van der Waals surface area contributed by atoms with Crippen molar-refractivity contribution in [3.05, 3.63) is 0 Å². The lowest BCUT2D eigenvalue weighted by molar-refractivity contribution is -0.144. The summed E-state index contributed by atoms with van der Waals surface area (Å²) >= 11 is 0. The van der Waals surface area contributed by atoms with E-state index < -0.39 is 11.9 Å². The Hall–Kier alpha value is -1.10. The monoisotopic (exact) mass is 243 g/mol. The highest BCUT2D eigenvalue weighted by Crippen LogP contribution is 2.32. The van der Waals surface area contributed by atoms with E-state index in [9.17, 15) is 9.59 Å². The summed E-state index contributed by atoms with van der Waals surface area (Å²) in [6.07, 6.45) is 3.24. The van der Waals surface area contributed by atoms with Gasteiger partial charge in [-0.2, -0.15) is 0 Å². The van der Waals surface area contributed by atoms with Crippen LogP contribution in [0.25, 0.3) is 0 Å². The second-order valence-electron chi connectivity index (χ2n) is 5.07. The summed E-state index contributed by atoms with van der Waals surface area (Å²) in [7, 11) is 0. The summed E-state index contributed by atoms with van der Waals surface area (Å²) in [6.45, 7) is 3.78. The lowest BCUT2D eigenvalue weighted by Crippen LogP contribution is -2.50. The molecule has 1 aliphatic carbocycles. The third kappa shape index (κ3) is 4.00. The normalized spacial score (nSPS) is 29.2. The van der Waals surface area contributed by atoms with Crippen LogP contribution in [0.2, 0.25) is 0 Å². The van der Waals surface area contributed by atoms with Crippen molar-refractivity contribution >= 4 is 11.9 Å². The summed E-state index contributed by atoms with van der Waals surface area (Å²) in [5.41, 5.74) is 0. The molecule has 0 aromatic carbocycles. The number of carbonyl (C=O) groups is 2. The first-order valence-electron chi connectivity index (χ1n) is 6.09. The van der Waals surface area contributed by atoms with Crippen LogP contribution in [0.1, 0.15) is 33.1 Å². The van der Waals surface area contributed by atoms with Gasteiger partial charge in [-0.05, 0) is 24.7 Å². The van der Waals surface area contributed by atoms with Gasteiger partial charge in [0.2, 0.25) is 0 Å². The molecular formula is C12H21NO4. The highest BCUT2D eigenvalue weighted by atomic mass is 16.4. The minimum atomic E-state index is -0.962. The number of rotatable bonds is 5. The third-order valence-corrected chi connectivity index (χ3v) is 3.58. The van der Waals surface area contributed by atoms with Crippen molar-refractivity contribution in [2.24, 2.45) is 11.8 Å². The first-order chi connectivity index (χ1) is 7.91. The molecule has 0 radical (unpaired) electrons. The van der Waals surface area contributed by atoms with Gasteiger partial charge in [0.15, 0.2) is 0 Å². The Morgan fingerprint density at radius 3 is 1.82 bits per heavy atom. The molecular weight excluding hydrogens is 222 g/mol. The maximum atomic E-state index is 10.8. The quantitative estimate of drug-likeness (QED) is 0.760. The summed E-state index contributed by atoms with van der Waals surface area (Å²) in [6, 6.07) is 0.0657. The lowest BCUT2D eigenvalue weighted by Gasteiger charge is -2.41. The fourth-order valence-electron chi connectivity index (χ4n) is 3.00. The van der Waals surface area contributed by atoms with E-state index in [4.69, 9.17) is 10.2 Å². The highest BCUT2D eigenvalue weighted by molar-refractivity contribution is 5.72. The zero-order valence-electron chi connectivity index (χ0n) is 10.4. The van der Waals surface area contributed by atoms with Gasteiger partial charge in [-0.1, -0.05) is 20.3 Å². The van der Waals surface area contributed by atoms with Gasteiger partial charge in [-0.3, -0.25) is 14.5 Å². The van der Waals surface area contributed by atoms with Crippen LogP contribution in [0.4, 0.5) is 0 Å². The minimum Gasteiger partial charge on any atom is -0.480 e. The number of carboxylic acids is 2. The molecule has 0 spiro atoms. The number of aliphatic carboxylic acids is 2. The average Bonchev–Trinajstić information content (AvgIpc) is 2.14. The molecule has 17 heavy (non-hydrogen) atoms. The summed E-state index contributed by atoms with van der Waals surface area (Å²) in [5.74, 6) is -1.21. The average molecular weight is 243 g/mol. The predicted molar refractivity (Wildman–Crippen MR) is 62.8 cm³/mol. The topological polar surface area (TPSA) is 77.8 Å². The fourth-order valence-corrected chi connectivity index (χ4v) is 3.00. The van der Waals surface area contributed by atoms with Gasteiger partial charge in [0, 0.05) is 6.04 Å². The van der Waals surface area contributed by atoms with Crippen molar-refractivity contribution in [2.75, 3.05) is 13.1 Å². The van der Waals surface area contributed by atoms with Crippen LogP contribution < -0.4 is 0 Å². The van der Waals surface area contributed by atoms with E-state index in [2.05, 4.69) is 13.8 Å². The highest BCUT2D eigenvalue weighted by Gasteiger charge is 2.34. The molecule has 98 valence electrons. The van der Waals surface area contributed by atoms with Gasteiger partial charge in [-0.25, -0.2) is 0 Å². The zero-order chi connectivity index (χ0) is 13.0. The van der Waals surface area contributed by atoms with E-state index in [1.165, 1.54) is 0 Å². The summed E-state index contributed by atoms with van der Waals surface area (Å²) < 4.78 is 0. The van der Waals surface area contributed by atoms with Crippen LogP contribution in [-0.4, -0.2) is 46.2 Å². The molecule has 0 aromatic heterocycles. The van der Waals surface area contributed by atoms with Gasteiger partial charge in [0.25, 0.3) is 0 Å². The molecule has 1 saturated carbocycles. The second-order valence-corrected chi connectivity index (χ2v) is 5.07. The van der Waals surface area contributed by atoms with Gasteiger partial charge >= 0.3 is 11.9 Å². The van der Waals surface area contributed by atoms with Crippen LogP contribution in [0.3, 0.4) is 0 Å². The third-order valence-electron chi connectivity index (χ3n) is 3.58. The van der Waals surface area contributed by atoms with Gasteiger partial charge < -0.3 is 10.2 Å².